The van der Waals surface area contributed by atoms with Gasteiger partial charge in [0, 0.05) is 37.5 Å². The topological polar surface area (TPSA) is 68.8 Å². The van der Waals surface area contributed by atoms with Crippen LogP contribution in [0.2, 0.25) is 0 Å². The molecule has 1 aromatic rings. The molecule has 3 rings (SSSR count). The first-order valence-electron chi connectivity index (χ1n) is 8.67. The van der Waals surface area contributed by atoms with Gasteiger partial charge in [-0.25, -0.2) is 0 Å². The van der Waals surface area contributed by atoms with E-state index in [2.05, 4.69) is 10.6 Å². The molecule has 2 aliphatic heterocycles. The summed E-state index contributed by atoms with van der Waals surface area (Å²) < 4.78 is 16.8. The minimum Gasteiger partial charge on any atom is -0.490 e. The Labute approximate surface area is 142 Å². The molecule has 6 nitrogen and oxygen atoms in total. The summed E-state index contributed by atoms with van der Waals surface area (Å²) in [7, 11) is 0. The second-order valence-corrected chi connectivity index (χ2v) is 6.39. The first-order valence-corrected chi connectivity index (χ1v) is 8.67. The molecule has 0 aromatic heterocycles. The third-order valence-electron chi connectivity index (χ3n) is 4.35. The zero-order valence-corrected chi connectivity index (χ0v) is 14.2. The predicted molar refractivity (Wildman–Crippen MR) is 91.5 cm³/mol. The van der Waals surface area contributed by atoms with E-state index in [1.54, 1.807) is 0 Å². The maximum Gasteiger partial charge on any atom is 0.226 e. The second kappa shape index (κ2) is 8.46. The highest BCUT2D eigenvalue weighted by molar-refractivity contribution is 5.91. The monoisotopic (exact) mass is 334 g/mol. The molecule has 0 aliphatic carbocycles. The highest BCUT2D eigenvalue weighted by Gasteiger charge is 2.18. The van der Waals surface area contributed by atoms with Crippen LogP contribution in [0, 0.1) is 6.92 Å². The van der Waals surface area contributed by atoms with Gasteiger partial charge < -0.3 is 24.8 Å². The largest absolute Gasteiger partial charge is 0.490 e. The lowest BCUT2D eigenvalue weighted by atomic mass is 10.1. The van der Waals surface area contributed by atoms with Gasteiger partial charge in [-0.05, 0) is 30.7 Å². The number of nitrogens with one attached hydrogen (secondary N) is 2. The number of carbonyl (C=O) groups is 1. The van der Waals surface area contributed by atoms with Crippen LogP contribution in [0.15, 0.2) is 18.2 Å². The average Bonchev–Trinajstić information content (AvgIpc) is 2.59. The lowest BCUT2D eigenvalue weighted by Gasteiger charge is -2.24. The van der Waals surface area contributed by atoms with Crippen LogP contribution in [0.4, 0.5) is 5.69 Å². The summed E-state index contributed by atoms with van der Waals surface area (Å²) in [6.07, 6.45) is 2.48. The van der Waals surface area contributed by atoms with Crippen LogP contribution in [0.5, 0.6) is 5.75 Å². The second-order valence-electron chi connectivity index (χ2n) is 6.39. The molecule has 2 heterocycles. The average molecular weight is 334 g/mol. The van der Waals surface area contributed by atoms with Crippen LogP contribution < -0.4 is 15.4 Å². The molecule has 2 saturated heterocycles. The number of rotatable bonds is 5. The summed E-state index contributed by atoms with van der Waals surface area (Å²) >= 11 is 0. The summed E-state index contributed by atoms with van der Waals surface area (Å²) in [6.45, 7) is 5.62. The molecule has 0 spiro atoms. The van der Waals surface area contributed by atoms with Crippen molar-refractivity contribution in [3.8, 4) is 5.75 Å². The van der Waals surface area contributed by atoms with Gasteiger partial charge in [0.2, 0.25) is 5.91 Å². The van der Waals surface area contributed by atoms with E-state index in [1.807, 2.05) is 25.1 Å². The molecule has 1 amide bonds. The van der Waals surface area contributed by atoms with E-state index in [1.165, 1.54) is 0 Å². The van der Waals surface area contributed by atoms with Gasteiger partial charge in [0.15, 0.2) is 0 Å². The van der Waals surface area contributed by atoms with Gasteiger partial charge in [0.05, 0.1) is 26.4 Å². The Balaban J connectivity index is 1.52. The van der Waals surface area contributed by atoms with Crippen molar-refractivity contribution in [3.05, 3.63) is 23.8 Å². The van der Waals surface area contributed by atoms with E-state index >= 15 is 0 Å². The van der Waals surface area contributed by atoms with E-state index in [0.717, 1.165) is 49.6 Å². The number of benzene rings is 1. The van der Waals surface area contributed by atoms with Crippen molar-refractivity contribution in [2.75, 3.05) is 38.3 Å². The van der Waals surface area contributed by atoms with Crippen LogP contribution in [-0.4, -0.2) is 51.0 Å². The Bertz CT molecular complexity index is 552. The number of hydrogen-bond donors (Lipinski definition) is 2. The van der Waals surface area contributed by atoms with Crippen molar-refractivity contribution >= 4 is 11.6 Å². The van der Waals surface area contributed by atoms with Crippen molar-refractivity contribution in [1.82, 2.24) is 5.32 Å². The van der Waals surface area contributed by atoms with Crippen molar-refractivity contribution < 1.29 is 19.0 Å². The molecular weight excluding hydrogens is 308 g/mol. The van der Waals surface area contributed by atoms with Crippen molar-refractivity contribution in [2.45, 2.75) is 38.3 Å². The Morgan fingerprint density at radius 1 is 1.29 bits per heavy atom. The molecule has 0 saturated carbocycles. The summed E-state index contributed by atoms with van der Waals surface area (Å²) in [5, 5.41) is 6.24. The van der Waals surface area contributed by atoms with Gasteiger partial charge in [-0.1, -0.05) is 0 Å². The first kappa shape index (κ1) is 17.2. The Morgan fingerprint density at radius 2 is 2.12 bits per heavy atom. The number of hydrogen-bond acceptors (Lipinski definition) is 5. The Hall–Kier alpha value is -1.63. The maximum atomic E-state index is 12.1. The van der Waals surface area contributed by atoms with Crippen LogP contribution in [0.3, 0.4) is 0 Å². The summed E-state index contributed by atoms with van der Waals surface area (Å²) in [5.41, 5.74) is 1.83. The first-order chi connectivity index (χ1) is 11.7. The number of ether oxygens (including phenoxy) is 3. The van der Waals surface area contributed by atoms with E-state index in [4.69, 9.17) is 14.2 Å². The number of aryl methyl sites for hydroxylation is 1. The number of morpholine rings is 1. The van der Waals surface area contributed by atoms with Gasteiger partial charge in [-0.2, -0.15) is 0 Å². The minimum atomic E-state index is -0.00417. The maximum absolute atomic E-state index is 12.1. The predicted octanol–water partition coefficient (Wildman–Crippen LogP) is 1.87. The minimum absolute atomic E-state index is 0.00417. The summed E-state index contributed by atoms with van der Waals surface area (Å²) in [5.74, 6) is 0.873. The fourth-order valence-electron chi connectivity index (χ4n) is 3.02. The fraction of sp³-hybridized carbons (Fsp3) is 0.611. The van der Waals surface area contributed by atoms with Gasteiger partial charge in [0.25, 0.3) is 0 Å². The summed E-state index contributed by atoms with van der Waals surface area (Å²) in [6, 6.07) is 5.88. The van der Waals surface area contributed by atoms with Gasteiger partial charge >= 0.3 is 0 Å². The van der Waals surface area contributed by atoms with E-state index in [0.29, 0.717) is 19.6 Å². The van der Waals surface area contributed by atoms with Crippen molar-refractivity contribution in [3.63, 3.8) is 0 Å². The number of amides is 1. The standard InChI is InChI=1S/C18H26N2O4/c1-13-10-14(20-18(21)11-15-12-23-9-6-19-15)2-3-17(13)24-16-4-7-22-8-5-16/h2-3,10,15-16,19H,4-9,11-12H2,1H3,(H,20,21). The highest BCUT2D eigenvalue weighted by atomic mass is 16.5. The van der Waals surface area contributed by atoms with Gasteiger partial charge in [0.1, 0.15) is 11.9 Å². The van der Waals surface area contributed by atoms with Crippen LogP contribution >= 0.6 is 0 Å². The molecule has 2 fully saturated rings. The molecule has 1 unspecified atom stereocenters. The Morgan fingerprint density at radius 3 is 2.83 bits per heavy atom. The highest BCUT2D eigenvalue weighted by Crippen LogP contribution is 2.25. The third kappa shape index (κ3) is 4.93. The van der Waals surface area contributed by atoms with Crippen molar-refractivity contribution in [2.24, 2.45) is 0 Å². The lowest BCUT2D eigenvalue weighted by Crippen LogP contribution is -2.43. The Kier molecular flexibility index (Phi) is 6.07. The SMILES string of the molecule is Cc1cc(NC(=O)CC2COCCN2)ccc1OC1CCOCC1. The van der Waals surface area contributed by atoms with Gasteiger partial charge in [-0.3, -0.25) is 4.79 Å². The molecule has 1 atom stereocenters. The van der Waals surface area contributed by atoms with E-state index < -0.39 is 0 Å². The summed E-state index contributed by atoms with van der Waals surface area (Å²) in [4.78, 5) is 12.1. The van der Waals surface area contributed by atoms with E-state index in [-0.39, 0.29) is 18.1 Å². The smallest absolute Gasteiger partial charge is 0.226 e. The van der Waals surface area contributed by atoms with Crippen molar-refractivity contribution in [1.29, 1.82) is 0 Å². The normalized spacial score (nSPS) is 22.1. The number of carbonyl (C=O) groups excluding carboxylic acids is 1. The molecule has 2 aliphatic rings. The lowest BCUT2D eigenvalue weighted by molar-refractivity contribution is -0.117. The molecule has 132 valence electrons. The molecule has 24 heavy (non-hydrogen) atoms. The molecule has 2 N–H and O–H groups in total. The number of anilines is 1. The van der Waals surface area contributed by atoms with Crippen LogP contribution in [-0.2, 0) is 14.3 Å². The van der Waals surface area contributed by atoms with E-state index in [9.17, 15) is 4.79 Å². The molecule has 0 radical (unpaired) electrons. The van der Waals surface area contributed by atoms with Crippen LogP contribution in [0.25, 0.3) is 0 Å². The third-order valence-corrected chi connectivity index (χ3v) is 4.35. The van der Waals surface area contributed by atoms with Gasteiger partial charge in [-0.15, -0.1) is 0 Å². The molecule has 6 heteroatoms. The molecular formula is C18H26N2O4. The molecule has 0 bridgehead atoms. The zero-order chi connectivity index (χ0) is 16.8. The molecule has 1 aromatic carbocycles. The quantitative estimate of drug-likeness (QED) is 0.860. The zero-order valence-electron chi connectivity index (χ0n) is 14.2. The van der Waals surface area contributed by atoms with Crippen LogP contribution in [0.1, 0.15) is 24.8 Å². The fourth-order valence-corrected chi connectivity index (χ4v) is 3.02.